The van der Waals surface area contributed by atoms with Crippen LogP contribution in [-0.2, 0) is 0 Å². The van der Waals surface area contributed by atoms with Gasteiger partial charge in [0.25, 0.3) is 0 Å². The summed E-state index contributed by atoms with van der Waals surface area (Å²) in [6.45, 7) is 4.18. The first-order valence-corrected chi connectivity index (χ1v) is 15.3. The summed E-state index contributed by atoms with van der Waals surface area (Å²) < 4.78 is 45.8. The summed E-state index contributed by atoms with van der Waals surface area (Å²) in [5.41, 5.74) is 4.93. The molecule has 0 spiro atoms. The van der Waals surface area contributed by atoms with E-state index in [1.165, 1.54) is 38.5 Å². The molecule has 0 radical (unpaired) electrons. The van der Waals surface area contributed by atoms with Gasteiger partial charge in [0.1, 0.15) is 5.82 Å². The second kappa shape index (κ2) is 11.9. The predicted octanol–water partition coefficient (Wildman–Crippen LogP) is 11.5. The van der Waals surface area contributed by atoms with Crippen LogP contribution >= 0.6 is 0 Å². The van der Waals surface area contributed by atoms with Crippen LogP contribution in [0.5, 0.6) is 0 Å². The standard InChI is InChI=1S/C38H39F3/c1-24-8-10-26(11-9-24)27-12-16-29(17-13-27)33-21-20-32(23-35(33)39)28-14-18-30(19-15-28)34-22-25(2)36(38(41)37(34)40)31-6-4-3-5-7-31/h3-7,14-15,18-24,26-27,29H,8-13,16-17H2,1-2H3. The van der Waals surface area contributed by atoms with Gasteiger partial charge in [0, 0.05) is 11.1 Å². The van der Waals surface area contributed by atoms with Crippen LogP contribution in [0.1, 0.15) is 75.3 Å². The molecule has 0 N–H and O–H groups in total. The van der Waals surface area contributed by atoms with E-state index in [2.05, 4.69) is 6.92 Å². The molecule has 0 nitrogen and oxygen atoms in total. The Morgan fingerprint density at radius 3 is 1.78 bits per heavy atom. The summed E-state index contributed by atoms with van der Waals surface area (Å²) in [6.07, 6.45) is 10.1. The van der Waals surface area contributed by atoms with E-state index in [0.717, 1.165) is 47.3 Å². The van der Waals surface area contributed by atoms with Crippen LogP contribution in [0.3, 0.4) is 0 Å². The summed E-state index contributed by atoms with van der Waals surface area (Å²) in [7, 11) is 0. The number of rotatable bonds is 5. The molecule has 0 bridgehead atoms. The maximum atomic E-state index is 15.4. The van der Waals surface area contributed by atoms with Crippen molar-refractivity contribution in [1.29, 1.82) is 0 Å². The monoisotopic (exact) mass is 552 g/mol. The Morgan fingerprint density at radius 2 is 1.15 bits per heavy atom. The predicted molar refractivity (Wildman–Crippen MR) is 163 cm³/mol. The fourth-order valence-electron chi connectivity index (χ4n) is 7.46. The average molecular weight is 553 g/mol. The molecule has 4 aromatic rings. The minimum Gasteiger partial charge on any atom is -0.207 e. The van der Waals surface area contributed by atoms with E-state index in [1.54, 1.807) is 43.3 Å². The van der Waals surface area contributed by atoms with Crippen molar-refractivity contribution < 1.29 is 13.2 Å². The Balaban J connectivity index is 1.16. The minimum absolute atomic E-state index is 0.137. The highest BCUT2D eigenvalue weighted by molar-refractivity contribution is 5.76. The van der Waals surface area contributed by atoms with Crippen LogP contribution in [0.25, 0.3) is 33.4 Å². The first-order chi connectivity index (χ1) is 19.9. The molecule has 3 heteroatoms. The maximum absolute atomic E-state index is 15.4. The van der Waals surface area contributed by atoms with Crippen LogP contribution in [0.4, 0.5) is 13.2 Å². The Morgan fingerprint density at radius 1 is 0.561 bits per heavy atom. The number of aryl methyl sites for hydroxylation is 1. The molecule has 0 atom stereocenters. The average Bonchev–Trinajstić information content (AvgIpc) is 3.00. The van der Waals surface area contributed by atoms with Crippen molar-refractivity contribution in [2.75, 3.05) is 0 Å². The van der Waals surface area contributed by atoms with Crippen LogP contribution in [0, 0.1) is 42.1 Å². The molecule has 41 heavy (non-hydrogen) atoms. The molecule has 0 aromatic heterocycles. The van der Waals surface area contributed by atoms with Gasteiger partial charge in [-0.25, -0.2) is 13.2 Å². The van der Waals surface area contributed by atoms with E-state index in [-0.39, 0.29) is 16.9 Å². The van der Waals surface area contributed by atoms with Gasteiger partial charge in [-0.3, -0.25) is 0 Å². The second-order valence-electron chi connectivity index (χ2n) is 12.6. The highest BCUT2D eigenvalue weighted by Gasteiger charge is 2.31. The van der Waals surface area contributed by atoms with Crippen LogP contribution in [-0.4, -0.2) is 0 Å². The highest BCUT2D eigenvalue weighted by atomic mass is 19.2. The molecule has 2 saturated carbocycles. The third-order valence-electron chi connectivity index (χ3n) is 9.93. The molecule has 212 valence electrons. The lowest BCUT2D eigenvalue weighted by Crippen LogP contribution is -2.25. The summed E-state index contributed by atoms with van der Waals surface area (Å²) in [6, 6.07) is 23.6. The van der Waals surface area contributed by atoms with Crippen LogP contribution in [0.15, 0.2) is 78.9 Å². The lowest BCUT2D eigenvalue weighted by atomic mass is 9.68. The molecule has 2 fully saturated rings. The molecule has 2 aliphatic carbocycles. The molecule has 0 saturated heterocycles. The van der Waals surface area contributed by atoms with E-state index < -0.39 is 11.6 Å². The van der Waals surface area contributed by atoms with Gasteiger partial charge in [-0.05, 0) is 115 Å². The molecule has 0 heterocycles. The first-order valence-electron chi connectivity index (χ1n) is 15.3. The molecule has 4 aromatic carbocycles. The van der Waals surface area contributed by atoms with Gasteiger partial charge < -0.3 is 0 Å². The molecule has 0 amide bonds. The van der Waals surface area contributed by atoms with Gasteiger partial charge >= 0.3 is 0 Å². The molecule has 6 rings (SSSR count). The smallest absolute Gasteiger partial charge is 0.167 e. The van der Waals surface area contributed by atoms with Gasteiger partial charge in [-0.15, -0.1) is 0 Å². The van der Waals surface area contributed by atoms with Crippen molar-refractivity contribution in [3.63, 3.8) is 0 Å². The van der Waals surface area contributed by atoms with E-state index >= 15 is 13.2 Å². The van der Waals surface area contributed by atoms with E-state index in [4.69, 9.17) is 0 Å². The Bertz CT molecular complexity index is 1490. The van der Waals surface area contributed by atoms with Gasteiger partial charge in [-0.1, -0.05) is 86.5 Å². The molecular weight excluding hydrogens is 513 g/mol. The largest absolute Gasteiger partial charge is 0.207 e. The van der Waals surface area contributed by atoms with Gasteiger partial charge in [0.2, 0.25) is 0 Å². The zero-order valence-electron chi connectivity index (χ0n) is 24.1. The maximum Gasteiger partial charge on any atom is 0.167 e. The fraction of sp³-hybridized carbons (Fsp3) is 0.368. The summed E-state index contributed by atoms with van der Waals surface area (Å²) in [4.78, 5) is 0. The molecule has 0 unspecified atom stereocenters. The Labute approximate surface area is 242 Å². The molecule has 0 aliphatic heterocycles. The zero-order chi connectivity index (χ0) is 28.5. The van der Waals surface area contributed by atoms with Gasteiger partial charge in [-0.2, -0.15) is 0 Å². The van der Waals surface area contributed by atoms with Crippen LogP contribution < -0.4 is 0 Å². The summed E-state index contributed by atoms with van der Waals surface area (Å²) >= 11 is 0. The van der Waals surface area contributed by atoms with Crippen molar-refractivity contribution >= 4 is 0 Å². The summed E-state index contributed by atoms with van der Waals surface area (Å²) in [5, 5.41) is 0. The van der Waals surface area contributed by atoms with Crippen molar-refractivity contribution in [2.24, 2.45) is 17.8 Å². The van der Waals surface area contributed by atoms with E-state index in [0.29, 0.717) is 22.6 Å². The second-order valence-corrected chi connectivity index (χ2v) is 12.6. The Hall–Kier alpha value is -3.33. The number of halogens is 3. The molecule has 2 aliphatic rings. The lowest BCUT2D eigenvalue weighted by molar-refractivity contribution is 0.164. The fourth-order valence-corrected chi connectivity index (χ4v) is 7.46. The summed E-state index contributed by atoms with van der Waals surface area (Å²) in [5.74, 6) is 1.04. The van der Waals surface area contributed by atoms with Crippen molar-refractivity contribution in [3.8, 4) is 33.4 Å². The van der Waals surface area contributed by atoms with Crippen LogP contribution in [0.2, 0.25) is 0 Å². The number of benzene rings is 4. The topological polar surface area (TPSA) is 0 Å². The normalized spacial score (nSPS) is 23.0. The minimum atomic E-state index is -0.856. The SMILES string of the molecule is Cc1cc(-c2ccc(-c3ccc(C4CCC(C5CCC(C)CC5)CC4)c(F)c3)cc2)c(F)c(F)c1-c1ccccc1. The molecular formula is C38H39F3. The number of hydrogen-bond donors (Lipinski definition) is 0. The number of hydrogen-bond acceptors (Lipinski definition) is 0. The third kappa shape index (κ3) is 5.73. The quantitative estimate of drug-likeness (QED) is 0.231. The third-order valence-corrected chi connectivity index (χ3v) is 9.93. The zero-order valence-corrected chi connectivity index (χ0v) is 24.1. The van der Waals surface area contributed by atoms with Crippen molar-refractivity contribution in [2.45, 2.75) is 71.1 Å². The Kier molecular flexibility index (Phi) is 8.06. The van der Waals surface area contributed by atoms with Crippen molar-refractivity contribution in [3.05, 3.63) is 107 Å². The lowest BCUT2D eigenvalue weighted by Gasteiger charge is -2.37. The first kappa shape index (κ1) is 27.8. The van der Waals surface area contributed by atoms with Crippen molar-refractivity contribution in [1.82, 2.24) is 0 Å². The van der Waals surface area contributed by atoms with Gasteiger partial charge in [0.05, 0.1) is 0 Å². The highest BCUT2D eigenvalue weighted by Crippen LogP contribution is 2.44. The van der Waals surface area contributed by atoms with E-state index in [1.807, 2.05) is 42.5 Å². The van der Waals surface area contributed by atoms with E-state index in [9.17, 15) is 0 Å². The van der Waals surface area contributed by atoms with Gasteiger partial charge in [0.15, 0.2) is 11.6 Å².